The average molecular weight is 250 g/mol. The zero-order valence-corrected chi connectivity index (χ0v) is 10.8. The standard InChI is InChI=1S/C12H22N6/c13-3-4-18-10-11(14-15-18)9-16-5-7-17(8-6-16)12-1-2-12/h10,12H,1-9,13H2. The predicted octanol–water partition coefficient (Wildman–Crippen LogP) is -0.483. The average Bonchev–Trinajstić information content (AvgIpc) is 3.14. The molecular weight excluding hydrogens is 228 g/mol. The van der Waals surface area contributed by atoms with Gasteiger partial charge >= 0.3 is 0 Å². The van der Waals surface area contributed by atoms with Gasteiger partial charge in [0.25, 0.3) is 0 Å². The Kier molecular flexibility index (Phi) is 3.58. The monoisotopic (exact) mass is 250 g/mol. The van der Waals surface area contributed by atoms with E-state index in [0.29, 0.717) is 6.54 Å². The molecule has 0 amide bonds. The van der Waals surface area contributed by atoms with Gasteiger partial charge in [0.2, 0.25) is 0 Å². The minimum absolute atomic E-state index is 0.614. The van der Waals surface area contributed by atoms with Crippen molar-refractivity contribution >= 4 is 0 Å². The van der Waals surface area contributed by atoms with Crippen molar-refractivity contribution < 1.29 is 0 Å². The summed E-state index contributed by atoms with van der Waals surface area (Å²) in [7, 11) is 0. The summed E-state index contributed by atoms with van der Waals surface area (Å²) < 4.78 is 1.83. The molecule has 1 saturated heterocycles. The fraction of sp³-hybridized carbons (Fsp3) is 0.833. The third-order valence-electron chi connectivity index (χ3n) is 3.80. The molecule has 0 atom stereocenters. The van der Waals surface area contributed by atoms with Crippen LogP contribution in [0.2, 0.25) is 0 Å². The fourth-order valence-corrected chi connectivity index (χ4v) is 2.61. The first-order valence-electron chi connectivity index (χ1n) is 6.90. The lowest BCUT2D eigenvalue weighted by Gasteiger charge is -2.34. The summed E-state index contributed by atoms with van der Waals surface area (Å²) in [6.07, 6.45) is 4.83. The zero-order chi connectivity index (χ0) is 12.4. The van der Waals surface area contributed by atoms with Gasteiger partial charge in [0, 0.05) is 51.5 Å². The second-order valence-electron chi connectivity index (χ2n) is 5.30. The molecule has 6 heteroatoms. The first-order chi connectivity index (χ1) is 8.85. The quantitative estimate of drug-likeness (QED) is 0.764. The summed E-state index contributed by atoms with van der Waals surface area (Å²) in [5.41, 5.74) is 6.56. The number of rotatable bonds is 5. The summed E-state index contributed by atoms with van der Waals surface area (Å²) in [6.45, 7) is 7.01. The largest absolute Gasteiger partial charge is 0.329 e. The van der Waals surface area contributed by atoms with E-state index in [9.17, 15) is 0 Å². The van der Waals surface area contributed by atoms with Crippen molar-refractivity contribution in [3.63, 3.8) is 0 Å². The van der Waals surface area contributed by atoms with Crippen LogP contribution < -0.4 is 5.73 Å². The molecule has 2 heterocycles. The topological polar surface area (TPSA) is 63.2 Å². The summed E-state index contributed by atoms with van der Waals surface area (Å²) in [5, 5.41) is 8.27. The minimum Gasteiger partial charge on any atom is -0.329 e. The molecule has 0 spiro atoms. The zero-order valence-electron chi connectivity index (χ0n) is 10.8. The number of piperazine rings is 1. The van der Waals surface area contributed by atoms with Crippen LogP contribution in [-0.2, 0) is 13.1 Å². The van der Waals surface area contributed by atoms with Gasteiger partial charge in [0.1, 0.15) is 0 Å². The summed E-state index contributed by atoms with van der Waals surface area (Å²) in [4.78, 5) is 5.09. The summed E-state index contributed by atoms with van der Waals surface area (Å²) in [6, 6.07) is 0.901. The lowest BCUT2D eigenvalue weighted by atomic mass is 10.3. The van der Waals surface area contributed by atoms with E-state index in [2.05, 4.69) is 20.1 Å². The molecule has 1 aliphatic carbocycles. The van der Waals surface area contributed by atoms with Gasteiger partial charge < -0.3 is 5.73 Å². The first-order valence-corrected chi connectivity index (χ1v) is 6.90. The Morgan fingerprint density at radius 3 is 2.67 bits per heavy atom. The van der Waals surface area contributed by atoms with Crippen LogP contribution in [0.15, 0.2) is 6.20 Å². The molecule has 0 unspecified atom stereocenters. The van der Waals surface area contributed by atoms with Gasteiger partial charge in [0.15, 0.2) is 0 Å². The van der Waals surface area contributed by atoms with Crippen LogP contribution in [0, 0.1) is 0 Å². The number of hydrogen-bond acceptors (Lipinski definition) is 5. The Balaban J connectivity index is 1.47. The molecule has 1 aromatic rings. The van der Waals surface area contributed by atoms with E-state index < -0.39 is 0 Å². The maximum absolute atomic E-state index is 5.50. The second-order valence-corrected chi connectivity index (χ2v) is 5.30. The molecule has 2 aliphatic rings. The number of nitrogens with two attached hydrogens (primary N) is 1. The third-order valence-corrected chi connectivity index (χ3v) is 3.80. The van der Waals surface area contributed by atoms with E-state index in [-0.39, 0.29) is 0 Å². The van der Waals surface area contributed by atoms with Gasteiger partial charge in [-0.2, -0.15) is 0 Å². The van der Waals surface area contributed by atoms with E-state index in [1.807, 2.05) is 10.9 Å². The van der Waals surface area contributed by atoms with Gasteiger partial charge in [-0.3, -0.25) is 14.5 Å². The summed E-state index contributed by atoms with van der Waals surface area (Å²) in [5.74, 6) is 0. The van der Waals surface area contributed by atoms with Gasteiger partial charge in [-0.15, -0.1) is 5.10 Å². The van der Waals surface area contributed by atoms with Crippen LogP contribution >= 0.6 is 0 Å². The predicted molar refractivity (Wildman–Crippen MR) is 68.9 cm³/mol. The second kappa shape index (κ2) is 5.34. The van der Waals surface area contributed by atoms with E-state index in [0.717, 1.165) is 37.9 Å². The molecule has 0 radical (unpaired) electrons. The van der Waals surface area contributed by atoms with Crippen molar-refractivity contribution in [3.05, 3.63) is 11.9 Å². The van der Waals surface area contributed by atoms with E-state index in [1.165, 1.54) is 25.9 Å². The molecule has 18 heavy (non-hydrogen) atoms. The van der Waals surface area contributed by atoms with Crippen LogP contribution in [0.5, 0.6) is 0 Å². The van der Waals surface area contributed by atoms with Crippen LogP contribution in [-0.4, -0.2) is 63.6 Å². The minimum atomic E-state index is 0.614. The Labute approximate surface area is 108 Å². The Hall–Kier alpha value is -0.980. The van der Waals surface area contributed by atoms with Crippen molar-refractivity contribution in [2.45, 2.75) is 32.0 Å². The van der Waals surface area contributed by atoms with Gasteiger partial charge in [-0.05, 0) is 12.8 Å². The van der Waals surface area contributed by atoms with Crippen LogP contribution in [0.25, 0.3) is 0 Å². The van der Waals surface area contributed by atoms with Crippen molar-refractivity contribution in [3.8, 4) is 0 Å². The van der Waals surface area contributed by atoms with Gasteiger partial charge in [0.05, 0.1) is 12.2 Å². The van der Waals surface area contributed by atoms with Crippen molar-refractivity contribution in [2.75, 3.05) is 32.7 Å². The van der Waals surface area contributed by atoms with Crippen LogP contribution in [0.4, 0.5) is 0 Å². The van der Waals surface area contributed by atoms with Crippen molar-refractivity contribution in [1.82, 2.24) is 24.8 Å². The Morgan fingerprint density at radius 2 is 2.00 bits per heavy atom. The molecule has 0 aromatic carbocycles. The molecular formula is C12H22N6. The molecule has 100 valence electrons. The van der Waals surface area contributed by atoms with E-state index >= 15 is 0 Å². The molecule has 6 nitrogen and oxygen atoms in total. The highest BCUT2D eigenvalue weighted by Gasteiger charge is 2.31. The van der Waals surface area contributed by atoms with Crippen molar-refractivity contribution in [1.29, 1.82) is 0 Å². The lowest BCUT2D eigenvalue weighted by molar-refractivity contribution is 0.120. The molecule has 3 rings (SSSR count). The number of nitrogens with zero attached hydrogens (tertiary/aromatic N) is 5. The smallest absolute Gasteiger partial charge is 0.0967 e. The third kappa shape index (κ3) is 2.88. The molecule has 1 aromatic heterocycles. The number of hydrogen-bond donors (Lipinski definition) is 1. The maximum Gasteiger partial charge on any atom is 0.0967 e. The van der Waals surface area contributed by atoms with Gasteiger partial charge in [-0.1, -0.05) is 5.21 Å². The Bertz CT molecular complexity index is 378. The van der Waals surface area contributed by atoms with Crippen LogP contribution in [0.3, 0.4) is 0 Å². The highest BCUT2D eigenvalue weighted by molar-refractivity contribution is 4.94. The number of aromatic nitrogens is 3. The summed E-state index contributed by atoms with van der Waals surface area (Å²) >= 11 is 0. The SMILES string of the molecule is NCCn1cc(CN2CCN(C3CC3)CC2)nn1. The highest BCUT2D eigenvalue weighted by atomic mass is 15.4. The van der Waals surface area contributed by atoms with E-state index in [1.54, 1.807) is 0 Å². The molecule has 2 N–H and O–H groups in total. The molecule has 1 saturated carbocycles. The molecule has 0 bridgehead atoms. The maximum atomic E-state index is 5.50. The first kappa shape index (κ1) is 12.1. The van der Waals surface area contributed by atoms with Crippen LogP contribution in [0.1, 0.15) is 18.5 Å². The fourth-order valence-electron chi connectivity index (χ4n) is 2.61. The molecule has 1 aliphatic heterocycles. The highest BCUT2D eigenvalue weighted by Crippen LogP contribution is 2.27. The normalized spacial score (nSPS) is 22.5. The van der Waals surface area contributed by atoms with E-state index in [4.69, 9.17) is 5.73 Å². The van der Waals surface area contributed by atoms with Crippen molar-refractivity contribution in [2.24, 2.45) is 5.73 Å². The lowest BCUT2D eigenvalue weighted by Crippen LogP contribution is -2.46. The Morgan fingerprint density at radius 1 is 1.22 bits per heavy atom. The molecule has 2 fully saturated rings. The van der Waals surface area contributed by atoms with Gasteiger partial charge in [-0.25, -0.2) is 0 Å².